The van der Waals surface area contributed by atoms with E-state index in [2.05, 4.69) is 58.9 Å². The summed E-state index contributed by atoms with van der Waals surface area (Å²) in [4.78, 5) is 6.89. The second-order valence-corrected chi connectivity index (χ2v) is 6.92. The molecular formula is C15H21N3S. The average Bonchev–Trinajstić information content (AvgIpc) is 2.74. The van der Waals surface area contributed by atoms with E-state index < -0.39 is 0 Å². The van der Waals surface area contributed by atoms with Gasteiger partial charge in [-0.3, -0.25) is 4.99 Å². The molecule has 2 heterocycles. The van der Waals surface area contributed by atoms with Crippen molar-refractivity contribution in [2.24, 2.45) is 10.7 Å². The molecule has 1 spiro atoms. The summed E-state index contributed by atoms with van der Waals surface area (Å²) >= 11 is 2.06. The minimum Gasteiger partial charge on any atom is -0.370 e. The van der Waals surface area contributed by atoms with Crippen molar-refractivity contribution in [1.29, 1.82) is 0 Å². The quantitative estimate of drug-likeness (QED) is 0.901. The van der Waals surface area contributed by atoms with Gasteiger partial charge in [-0.25, -0.2) is 0 Å². The smallest absolute Gasteiger partial charge is 0.192 e. The van der Waals surface area contributed by atoms with Crippen LogP contribution in [0.25, 0.3) is 0 Å². The Morgan fingerprint density at radius 2 is 2.21 bits per heavy atom. The Morgan fingerprint density at radius 1 is 1.42 bits per heavy atom. The van der Waals surface area contributed by atoms with Gasteiger partial charge in [-0.15, -0.1) is 0 Å². The van der Waals surface area contributed by atoms with Crippen LogP contribution in [-0.2, 0) is 6.54 Å². The van der Waals surface area contributed by atoms with E-state index in [-0.39, 0.29) is 5.54 Å². The molecule has 0 radical (unpaired) electrons. The van der Waals surface area contributed by atoms with Crippen LogP contribution in [0, 0.1) is 0 Å². The molecule has 1 saturated heterocycles. The van der Waals surface area contributed by atoms with Crippen LogP contribution >= 0.6 is 11.8 Å². The van der Waals surface area contributed by atoms with E-state index in [1.807, 2.05) is 0 Å². The molecule has 1 aromatic carbocycles. The van der Waals surface area contributed by atoms with Crippen LogP contribution in [0.4, 0.5) is 0 Å². The number of nitrogens with zero attached hydrogens (tertiary/aromatic N) is 2. The van der Waals surface area contributed by atoms with Gasteiger partial charge in [0.2, 0.25) is 0 Å². The molecule has 2 aliphatic rings. The minimum absolute atomic E-state index is 0.142. The number of guanidine groups is 1. The van der Waals surface area contributed by atoms with Gasteiger partial charge in [-0.05, 0) is 24.2 Å². The van der Waals surface area contributed by atoms with Crippen LogP contribution in [-0.4, -0.2) is 33.9 Å². The normalized spacial score (nSPS) is 30.7. The molecule has 4 heteroatoms. The molecule has 0 bridgehead atoms. The standard InChI is InChI=1S/C15H21N3S/c1-12-15(8-5-9-19-12)11-17-14(16)18(15)10-13-6-3-2-4-7-13/h2-4,6-7,12H,5,8-11H2,1H3,(H2,16,17). The third-order valence-electron chi connectivity index (χ3n) is 4.39. The van der Waals surface area contributed by atoms with E-state index in [1.54, 1.807) is 0 Å². The van der Waals surface area contributed by atoms with Crippen LogP contribution < -0.4 is 5.73 Å². The summed E-state index contributed by atoms with van der Waals surface area (Å²) in [6.07, 6.45) is 2.47. The zero-order valence-corrected chi connectivity index (χ0v) is 12.2. The van der Waals surface area contributed by atoms with E-state index >= 15 is 0 Å². The largest absolute Gasteiger partial charge is 0.370 e. The number of rotatable bonds is 2. The molecule has 2 unspecified atom stereocenters. The van der Waals surface area contributed by atoms with Gasteiger partial charge >= 0.3 is 0 Å². The Labute approximate surface area is 119 Å². The lowest BCUT2D eigenvalue weighted by molar-refractivity contribution is 0.173. The van der Waals surface area contributed by atoms with Crippen molar-refractivity contribution in [3.8, 4) is 0 Å². The Hall–Kier alpha value is -1.16. The molecule has 19 heavy (non-hydrogen) atoms. The molecule has 1 aromatic rings. The maximum Gasteiger partial charge on any atom is 0.192 e. The zero-order valence-electron chi connectivity index (χ0n) is 11.4. The van der Waals surface area contributed by atoms with Gasteiger partial charge in [0, 0.05) is 11.8 Å². The lowest BCUT2D eigenvalue weighted by Crippen LogP contribution is -2.57. The van der Waals surface area contributed by atoms with Crippen LogP contribution in [0.15, 0.2) is 35.3 Å². The summed E-state index contributed by atoms with van der Waals surface area (Å²) in [7, 11) is 0. The second kappa shape index (κ2) is 5.08. The molecule has 0 saturated carbocycles. The minimum atomic E-state index is 0.142. The van der Waals surface area contributed by atoms with Gasteiger partial charge in [0.15, 0.2) is 5.96 Å². The first kappa shape index (κ1) is 12.9. The first-order valence-electron chi connectivity index (χ1n) is 6.95. The highest BCUT2D eigenvalue weighted by atomic mass is 32.2. The number of nitrogens with two attached hydrogens (primary N) is 1. The van der Waals surface area contributed by atoms with Gasteiger partial charge in [-0.2, -0.15) is 11.8 Å². The average molecular weight is 275 g/mol. The Kier molecular flexibility index (Phi) is 3.44. The van der Waals surface area contributed by atoms with E-state index in [0.717, 1.165) is 19.0 Å². The number of hydrogen-bond donors (Lipinski definition) is 1. The van der Waals surface area contributed by atoms with Gasteiger partial charge in [0.25, 0.3) is 0 Å². The van der Waals surface area contributed by atoms with Crippen molar-refractivity contribution in [2.75, 3.05) is 12.3 Å². The van der Waals surface area contributed by atoms with Crippen molar-refractivity contribution in [3.05, 3.63) is 35.9 Å². The fourth-order valence-corrected chi connectivity index (χ4v) is 4.47. The molecule has 3 rings (SSSR count). The van der Waals surface area contributed by atoms with Crippen molar-refractivity contribution in [1.82, 2.24) is 4.90 Å². The van der Waals surface area contributed by atoms with E-state index in [9.17, 15) is 0 Å². The fourth-order valence-electron chi connectivity index (χ4n) is 3.18. The van der Waals surface area contributed by atoms with Crippen LogP contribution in [0.3, 0.4) is 0 Å². The summed E-state index contributed by atoms with van der Waals surface area (Å²) in [6, 6.07) is 10.6. The number of benzene rings is 1. The van der Waals surface area contributed by atoms with Crippen LogP contribution in [0.2, 0.25) is 0 Å². The van der Waals surface area contributed by atoms with Gasteiger partial charge in [0.05, 0.1) is 12.1 Å². The highest BCUT2D eigenvalue weighted by Gasteiger charge is 2.47. The predicted octanol–water partition coefficient (Wildman–Crippen LogP) is 2.47. The van der Waals surface area contributed by atoms with Crippen molar-refractivity contribution >= 4 is 17.7 Å². The number of thioether (sulfide) groups is 1. The van der Waals surface area contributed by atoms with E-state index in [4.69, 9.17) is 5.73 Å². The summed E-state index contributed by atoms with van der Waals surface area (Å²) in [5.74, 6) is 1.99. The molecule has 2 aliphatic heterocycles. The molecule has 0 amide bonds. The summed E-state index contributed by atoms with van der Waals surface area (Å²) in [6.45, 7) is 4.07. The number of hydrogen-bond acceptors (Lipinski definition) is 4. The number of aliphatic imine (C=N–C) groups is 1. The second-order valence-electron chi connectivity index (χ2n) is 5.47. The maximum absolute atomic E-state index is 6.16. The molecule has 1 fully saturated rings. The SMILES string of the molecule is CC1SCCCC12CN=C(N)N2Cc1ccccc1. The topological polar surface area (TPSA) is 41.6 Å². The third-order valence-corrected chi connectivity index (χ3v) is 5.85. The van der Waals surface area contributed by atoms with Gasteiger partial charge in [0.1, 0.15) is 0 Å². The molecule has 2 N–H and O–H groups in total. The molecule has 0 aliphatic carbocycles. The first-order chi connectivity index (χ1) is 9.22. The highest BCUT2D eigenvalue weighted by molar-refractivity contribution is 8.00. The molecule has 2 atom stereocenters. The summed E-state index contributed by atoms with van der Waals surface area (Å²) < 4.78 is 0. The Balaban J connectivity index is 1.86. The zero-order chi connectivity index (χ0) is 13.3. The predicted molar refractivity (Wildman–Crippen MR) is 82.4 cm³/mol. The van der Waals surface area contributed by atoms with Crippen molar-refractivity contribution in [3.63, 3.8) is 0 Å². The molecule has 0 aromatic heterocycles. The monoisotopic (exact) mass is 275 g/mol. The van der Waals surface area contributed by atoms with Crippen molar-refractivity contribution < 1.29 is 0 Å². The molecule has 3 nitrogen and oxygen atoms in total. The molecule has 102 valence electrons. The highest BCUT2D eigenvalue weighted by Crippen LogP contribution is 2.41. The summed E-state index contributed by atoms with van der Waals surface area (Å²) in [5.41, 5.74) is 7.61. The third kappa shape index (κ3) is 2.22. The first-order valence-corrected chi connectivity index (χ1v) is 8.00. The van der Waals surface area contributed by atoms with Crippen molar-refractivity contribution in [2.45, 2.75) is 37.1 Å². The van der Waals surface area contributed by atoms with Gasteiger partial charge < -0.3 is 10.6 Å². The van der Waals surface area contributed by atoms with Crippen LogP contribution in [0.1, 0.15) is 25.3 Å². The lowest BCUT2D eigenvalue weighted by atomic mass is 9.88. The Morgan fingerprint density at radius 3 is 2.95 bits per heavy atom. The van der Waals surface area contributed by atoms with Gasteiger partial charge in [-0.1, -0.05) is 37.3 Å². The maximum atomic E-state index is 6.16. The Bertz CT molecular complexity index is 474. The fraction of sp³-hybridized carbons (Fsp3) is 0.533. The van der Waals surface area contributed by atoms with Crippen LogP contribution in [0.5, 0.6) is 0 Å². The lowest BCUT2D eigenvalue weighted by Gasteiger charge is -2.46. The molecular weight excluding hydrogens is 254 g/mol. The van der Waals surface area contributed by atoms with E-state index in [1.165, 1.54) is 24.2 Å². The van der Waals surface area contributed by atoms with E-state index in [0.29, 0.717) is 5.25 Å². The summed E-state index contributed by atoms with van der Waals surface area (Å²) in [5, 5.41) is 0.592.